The summed E-state index contributed by atoms with van der Waals surface area (Å²) in [5, 5.41) is 2.77. The van der Waals surface area contributed by atoms with Gasteiger partial charge in [0.15, 0.2) is 0 Å². The molecule has 1 unspecified atom stereocenters. The third-order valence-electron chi connectivity index (χ3n) is 4.12. The summed E-state index contributed by atoms with van der Waals surface area (Å²) in [6.07, 6.45) is 3.41. The smallest absolute Gasteiger partial charge is 0.235 e. The van der Waals surface area contributed by atoms with Crippen LogP contribution in [-0.4, -0.2) is 64.3 Å². The Labute approximate surface area is 149 Å². The lowest BCUT2D eigenvalue weighted by Gasteiger charge is -2.22. The van der Waals surface area contributed by atoms with E-state index >= 15 is 0 Å². The molecule has 1 atom stereocenters. The molecule has 1 N–H and O–H groups in total. The normalized spacial score (nSPS) is 17.6. The predicted molar refractivity (Wildman–Crippen MR) is 95.1 cm³/mol. The molecule has 1 heterocycles. The monoisotopic (exact) mass is 370 g/mol. The van der Waals surface area contributed by atoms with Crippen LogP contribution in [0.3, 0.4) is 0 Å². The summed E-state index contributed by atoms with van der Waals surface area (Å²) in [7, 11) is -1.84. The Morgan fingerprint density at radius 3 is 2.64 bits per heavy atom. The Kier molecular flexibility index (Phi) is 7.22. The summed E-state index contributed by atoms with van der Waals surface area (Å²) in [5.41, 5.74) is 1.07. The van der Waals surface area contributed by atoms with Crippen molar-refractivity contribution in [1.29, 1.82) is 0 Å². The molecule has 0 aromatic heterocycles. The zero-order valence-electron chi connectivity index (χ0n) is 14.7. The molecule has 2 rings (SSSR count). The molecular weight excluding hydrogens is 344 g/mol. The van der Waals surface area contributed by atoms with E-state index in [0.717, 1.165) is 30.4 Å². The SMILES string of the molecule is COc1ccc(CCNC(=O)CN(CC2CCCO2)S(C)(=O)=O)cc1. The van der Waals surface area contributed by atoms with E-state index in [-0.39, 0.29) is 25.1 Å². The second kappa shape index (κ2) is 9.17. The van der Waals surface area contributed by atoms with Gasteiger partial charge in [0, 0.05) is 19.7 Å². The number of hydrogen-bond acceptors (Lipinski definition) is 5. The highest BCUT2D eigenvalue weighted by atomic mass is 32.2. The minimum absolute atomic E-state index is 0.123. The van der Waals surface area contributed by atoms with Crippen LogP contribution in [0, 0.1) is 0 Å². The number of sulfonamides is 1. The maximum absolute atomic E-state index is 12.1. The average Bonchev–Trinajstić information content (AvgIpc) is 3.07. The van der Waals surface area contributed by atoms with Gasteiger partial charge in [-0.3, -0.25) is 4.79 Å². The molecule has 1 fully saturated rings. The van der Waals surface area contributed by atoms with E-state index in [1.54, 1.807) is 7.11 Å². The summed E-state index contributed by atoms with van der Waals surface area (Å²) in [4.78, 5) is 12.1. The number of carbonyl (C=O) groups is 1. The molecular formula is C17H26N2O5S. The fourth-order valence-corrected chi connectivity index (χ4v) is 3.48. The molecule has 25 heavy (non-hydrogen) atoms. The molecule has 0 bridgehead atoms. The standard InChI is InChI=1S/C17H26N2O5S/c1-23-15-7-5-14(6-8-15)9-10-18-17(20)13-19(25(2,21)22)12-16-4-3-11-24-16/h5-8,16H,3-4,9-13H2,1-2H3,(H,18,20). The fraction of sp³-hybridized carbons (Fsp3) is 0.588. The van der Waals surface area contributed by atoms with Crippen molar-refractivity contribution in [2.24, 2.45) is 0 Å². The second-order valence-corrected chi connectivity index (χ2v) is 8.12. The third kappa shape index (κ3) is 6.64. The van der Waals surface area contributed by atoms with Gasteiger partial charge in [0.2, 0.25) is 15.9 Å². The van der Waals surface area contributed by atoms with Crippen molar-refractivity contribution in [1.82, 2.24) is 9.62 Å². The Bertz CT molecular complexity index is 654. The number of hydrogen-bond donors (Lipinski definition) is 1. The molecule has 0 saturated carbocycles. The van der Waals surface area contributed by atoms with Crippen molar-refractivity contribution in [3.63, 3.8) is 0 Å². The van der Waals surface area contributed by atoms with Crippen molar-refractivity contribution in [2.45, 2.75) is 25.4 Å². The summed E-state index contributed by atoms with van der Waals surface area (Å²) < 4.78 is 35.5. The molecule has 8 heteroatoms. The first kappa shape index (κ1) is 19.7. The van der Waals surface area contributed by atoms with Crippen LogP contribution in [0.25, 0.3) is 0 Å². The quantitative estimate of drug-likeness (QED) is 0.695. The predicted octanol–water partition coefficient (Wildman–Crippen LogP) is 0.795. The van der Waals surface area contributed by atoms with Crippen LogP contribution in [0.5, 0.6) is 5.75 Å². The summed E-state index contributed by atoms with van der Waals surface area (Å²) >= 11 is 0. The molecule has 0 aliphatic carbocycles. The van der Waals surface area contributed by atoms with Crippen LogP contribution in [0.15, 0.2) is 24.3 Å². The van der Waals surface area contributed by atoms with Gasteiger partial charge in [0.05, 0.1) is 26.0 Å². The molecule has 1 aromatic carbocycles. The maximum atomic E-state index is 12.1. The van der Waals surface area contributed by atoms with Crippen LogP contribution in [-0.2, 0) is 26.0 Å². The van der Waals surface area contributed by atoms with Gasteiger partial charge in [0.1, 0.15) is 5.75 Å². The molecule has 1 saturated heterocycles. The van der Waals surface area contributed by atoms with Gasteiger partial charge >= 0.3 is 0 Å². The van der Waals surface area contributed by atoms with Gasteiger partial charge in [-0.25, -0.2) is 8.42 Å². The van der Waals surface area contributed by atoms with Gasteiger partial charge < -0.3 is 14.8 Å². The minimum atomic E-state index is -3.45. The molecule has 140 valence electrons. The van der Waals surface area contributed by atoms with Crippen molar-refractivity contribution in [2.75, 3.05) is 39.6 Å². The number of ether oxygens (including phenoxy) is 2. The molecule has 7 nitrogen and oxygen atoms in total. The summed E-state index contributed by atoms with van der Waals surface area (Å²) in [5.74, 6) is 0.475. The maximum Gasteiger partial charge on any atom is 0.235 e. The van der Waals surface area contributed by atoms with E-state index in [0.29, 0.717) is 19.6 Å². The van der Waals surface area contributed by atoms with Crippen molar-refractivity contribution in [3.05, 3.63) is 29.8 Å². The van der Waals surface area contributed by atoms with Crippen LogP contribution >= 0.6 is 0 Å². The highest BCUT2D eigenvalue weighted by Crippen LogP contribution is 2.15. The number of carbonyl (C=O) groups excluding carboxylic acids is 1. The van der Waals surface area contributed by atoms with E-state index in [1.807, 2.05) is 24.3 Å². The Morgan fingerprint density at radius 2 is 2.08 bits per heavy atom. The van der Waals surface area contributed by atoms with E-state index in [2.05, 4.69) is 5.32 Å². The van der Waals surface area contributed by atoms with Gasteiger partial charge in [-0.2, -0.15) is 4.31 Å². The first-order valence-corrected chi connectivity index (χ1v) is 10.2. The number of benzene rings is 1. The number of nitrogens with zero attached hydrogens (tertiary/aromatic N) is 1. The lowest BCUT2D eigenvalue weighted by atomic mass is 10.1. The number of rotatable bonds is 9. The molecule has 1 aliphatic heterocycles. The molecule has 1 aliphatic rings. The van der Waals surface area contributed by atoms with Gasteiger partial charge in [-0.1, -0.05) is 12.1 Å². The van der Waals surface area contributed by atoms with E-state index in [4.69, 9.17) is 9.47 Å². The fourth-order valence-electron chi connectivity index (χ4n) is 2.69. The molecule has 0 radical (unpaired) electrons. The average molecular weight is 370 g/mol. The lowest BCUT2D eigenvalue weighted by molar-refractivity contribution is -0.121. The first-order chi connectivity index (χ1) is 11.9. The van der Waals surface area contributed by atoms with Crippen LogP contribution < -0.4 is 10.1 Å². The minimum Gasteiger partial charge on any atom is -0.497 e. The van der Waals surface area contributed by atoms with Crippen LogP contribution in [0.1, 0.15) is 18.4 Å². The van der Waals surface area contributed by atoms with Crippen molar-refractivity contribution >= 4 is 15.9 Å². The van der Waals surface area contributed by atoms with Crippen LogP contribution in [0.2, 0.25) is 0 Å². The summed E-state index contributed by atoms with van der Waals surface area (Å²) in [6.45, 7) is 1.14. The molecule has 1 aromatic rings. The van der Waals surface area contributed by atoms with Crippen LogP contribution in [0.4, 0.5) is 0 Å². The van der Waals surface area contributed by atoms with Gasteiger partial charge in [-0.15, -0.1) is 0 Å². The molecule has 0 spiro atoms. The zero-order chi connectivity index (χ0) is 18.3. The Hall–Kier alpha value is -1.64. The third-order valence-corrected chi connectivity index (χ3v) is 5.33. The van der Waals surface area contributed by atoms with Crippen molar-refractivity contribution in [3.8, 4) is 5.75 Å². The van der Waals surface area contributed by atoms with Gasteiger partial charge in [0.25, 0.3) is 0 Å². The van der Waals surface area contributed by atoms with E-state index in [1.165, 1.54) is 4.31 Å². The van der Waals surface area contributed by atoms with E-state index in [9.17, 15) is 13.2 Å². The zero-order valence-corrected chi connectivity index (χ0v) is 15.5. The highest BCUT2D eigenvalue weighted by molar-refractivity contribution is 7.88. The largest absolute Gasteiger partial charge is 0.497 e. The number of amides is 1. The number of nitrogens with one attached hydrogen (secondary N) is 1. The Morgan fingerprint density at radius 1 is 1.36 bits per heavy atom. The van der Waals surface area contributed by atoms with Crippen molar-refractivity contribution < 1.29 is 22.7 Å². The number of methoxy groups -OCH3 is 1. The first-order valence-electron chi connectivity index (χ1n) is 8.35. The highest BCUT2D eigenvalue weighted by Gasteiger charge is 2.26. The molecule has 1 amide bonds. The lowest BCUT2D eigenvalue weighted by Crippen LogP contribution is -2.44. The van der Waals surface area contributed by atoms with Gasteiger partial charge in [-0.05, 0) is 37.0 Å². The topological polar surface area (TPSA) is 84.9 Å². The Balaban J connectivity index is 1.79. The summed E-state index contributed by atoms with van der Waals surface area (Å²) in [6, 6.07) is 7.60. The second-order valence-electron chi connectivity index (χ2n) is 6.14. The van der Waals surface area contributed by atoms with E-state index < -0.39 is 10.0 Å².